The maximum Gasteiger partial charge on any atom is 0.350 e. The minimum atomic E-state index is -1.27. The normalized spacial score (nSPS) is 23.5. The van der Waals surface area contributed by atoms with Gasteiger partial charge in [-0.15, -0.1) is 0 Å². The number of benzene rings is 1. The second-order valence-electron chi connectivity index (χ2n) is 5.67. The van der Waals surface area contributed by atoms with Crippen LogP contribution < -0.4 is 11.4 Å². The maximum absolute atomic E-state index is 14.2. The topological polar surface area (TPSA) is 70.1 Å². The molecule has 0 radical (unpaired) electrons. The molecule has 3 unspecified atom stereocenters. The molecule has 1 aromatic heterocycles. The smallest absolute Gasteiger partial charge is 0.350 e. The molecular weight excluding hydrogens is 304 g/mol. The quantitative estimate of drug-likeness (QED) is 0.915. The Bertz CT molecular complexity index is 736. The van der Waals surface area contributed by atoms with E-state index in [2.05, 4.69) is 4.98 Å². The molecule has 2 aromatic rings. The van der Waals surface area contributed by atoms with Crippen LogP contribution in [0.5, 0.6) is 0 Å². The molecule has 1 heterocycles. The highest BCUT2D eigenvalue weighted by Crippen LogP contribution is 2.40. The molecule has 3 atom stereocenters. The highest BCUT2D eigenvalue weighted by molar-refractivity contribution is 5.26. The summed E-state index contributed by atoms with van der Waals surface area (Å²) in [6, 6.07) is 8.87. The van der Waals surface area contributed by atoms with Gasteiger partial charge in [0.15, 0.2) is 11.6 Å². The lowest BCUT2D eigenvalue weighted by Gasteiger charge is -2.39. The van der Waals surface area contributed by atoms with Gasteiger partial charge in [-0.25, -0.2) is 13.6 Å². The molecule has 3 rings (SSSR count). The zero-order chi connectivity index (χ0) is 16.4. The second kappa shape index (κ2) is 6.45. The molecule has 5 nitrogen and oxygen atoms in total. The van der Waals surface area contributed by atoms with Crippen molar-refractivity contribution in [1.29, 1.82) is 0 Å². The molecule has 0 saturated heterocycles. The van der Waals surface area contributed by atoms with Crippen LogP contribution in [0.15, 0.2) is 41.3 Å². The number of hydrogen-bond acceptors (Lipinski definition) is 4. The van der Waals surface area contributed by atoms with Crippen LogP contribution in [0.3, 0.4) is 0 Å². The number of rotatable bonds is 5. The van der Waals surface area contributed by atoms with Gasteiger partial charge in [-0.2, -0.15) is 4.98 Å². The molecule has 122 valence electrons. The van der Waals surface area contributed by atoms with E-state index in [4.69, 9.17) is 10.5 Å². The van der Waals surface area contributed by atoms with E-state index in [1.54, 1.807) is 0 Å². The SMILES string of the molecule is Nc1nc(=O)n(C2CC(COCc3ccccc3)C2F)cc1F. The standard InChI is InChI=1S/C16H17F2N3O2/c17-12-7-21(16(22)20-15(12)19)13-6-11(14(13)18)9-23-8-10-4-2-1-3-5-10/h1-5,7,11,13-14H,6,8-9H2,(H2,19,20,22). The predicted molar refractivity (Wildman–Crippen MR) is 81.0 cm³/mol. The van der Waals surface area contributed by atoms with Crippen molar-refractivity contribution in [2.24, 2.45) is 5.92 Å². The predicted octanol–water partition coefficient (Wildman–Crippen LogP) is 2.08. The summed E-state index contributed by atoms with van der Waals surface area (Å²) in [6.07, 6.45) is 0.0532. The van der Waals surface area contributed by atoms with Crippen molar-refractivity contribution >= 4 is 5.82 Å². The number of nitrogens with two attached hydrogens (primary N) is 1. The number of hydrogen-bond donors (Lipinski definition) is 1. The first-order valence-electron chi connectivity index (χ1n) is 7.36. The molecular formula is C16H17F2N3O2. The van der Waals surface area contributed by atoms with Gasteiger partial charge in [-0.05, 0) is 12.0 Å². The summed E-state index contributed by atoms with van der Waals surface area (Å²) in [6.45, 7) is 0.666. The number of halogens is 2. The summed E-state index contributed by atoms with van der Waals surface area (Å²) in [5.41, 5.74) is 5.50. The number of nitrogens with zero attached hydrogens (tertiary/aromatic N) is 2. The summed E-state index contributed by atoms with van der Waals surface area (Å²) >= 11 is 0. The first kappa shape index (κ1) is 15.6. The molecule has 0 amide bonds. The third-order valence-corrected chi connectivity index (χ3v) is 4.10. The van der Waals surface area contributed by atoms with Crippen LogP contribution in [0.2, 0.25) is 0 Å². The van der Waals surface area contributed by atoms with Crippen LogP contribution in [0, 0.1) is 11.7 Å². The summed E-state index contributed by atoms with van der Waals surface area (Å²) in [7, 11) is 0. The van der Waals surface area contributed by atoms with Gasteiger partial charge < -0.3 is 10.5 Å². The van der Waals surface area contributed by atoms with Crippen LogP contribution in [0.4, 0.5) is 14.6 Å². The van der Waals surface area contributed by atoms with Gasteiger partial charge in [0.1, 0.15) is 6.17 Å². The zero-order valence-electron chi connectivity index (χ0n) is 12.4. The van der Waals surface area contributed by atoms with Crippen molar-refractivity contribution in [1.82, 2.24) is 9.55 Å². The van der Waals surface area contributed by atoms with Crippen LogP contribution in [-0.4, -0.2) is 22.3 Å². The first-order chi connectivity index (χ1) is 11.1. The Labute approximate surface area is 131 Å². The molecule has 1 saturated carbocycles. The van der Waals surface area contributed by atoms with Crippen LogP contribution in [0.25, 0.3) is 0 Å². The van der Waals surface area contributed by atoms with Crippen molar-refractivity contribution in [2.75, 3.05) is 12.3 Å². The van der Waals surface area contributed by atoms with E-state index in [0.29, 0.717) is 13.0 Å². The molecule has 23 heavy (non-hydrogen) atoms. The number of ether oxygens (including phenoxy) is 1. The average Bonchev–Trinajstić information content (AvgIpc) is 2.55. The molecule has 2 N–H and O–H groups in total. The van der Waals surface area contributed by atoms with Gasteiger partial charge in [0.25, 0.3) is 0 Å². The van der Waals surface area contributed by atoms with Crippen LogP contribution in [0.1, 0.15) is 18.0 Å². The zero-order valence-corrected chi connectivity index (χ0v) is 12.4. The maximum atomic E-state index is 14.2. The highest BCUT2D eigenvalue weighted by Gasteiger charge is 2.43. The Balaban J connectivity index is 1.55. The Morgan fingerprint density at radius 1 is 1.35 bits per heavy atom. The molecule has 0 bridgehead atoms. The summed E-state index contributed by atoms with van der Waals surface area (Å²) in [5, 5.41) is 0. The fourth-order valence-electron chi connectivity index (χ4n) is 2.71. The van der Waals surface area contributed by atoms with Crippen molar-refractivity contribution in [3.05, 3.63) is 58.4 Å². The van der Waals surface area contributed by atoms with E-state index in [1.165, 1.54) is 0 Å². The monoisotopic (exact) mass is 321 g/mol. The Kier molecular flexibility index (Phi) is 4.38. The molecule has 1 aromatic carbocycles. The summed E-state index contributed by atoms with van der Waals surface area (Å²) < 4.78 is 34.1. The molecule has 1 aliphatic carbocycles. The number of anilines is 1. The van der Waals surface area contributed by atoms with E-state index < -0.39 is 29.5 Å². The Morgan fingerprint density at radius 2 is 2.09 bits per heavy atom. The fourth-order valence-corrected chi connectivity index (χ4v) is 2.71. The Hall–Kier alpha value is -2.28. The van der Waals surface area contributed by atoms with Gasteiger partial charge in [0.05, 0.1) is 19.3 Å². The number of aromatic nitrogens is 2. The molecule has 0 aliphatic heterocycles. The fraction of sp³-hybridized carbons (Fsp3) is 0.375. The largest absolute Gasteiger partial charge is 0.381 e. The van der Waals surface area contributed by atoms with Gasteiger partial charge in [-0.3, -0.25) is 4.57 Å². The summed E-state index contributed by atoms with van der Waals surface area (Å²) in [5.74, 6) is -1.60. The van der Waals surface area contributed by atoms with Gasteiger partial charge in [0, 0.05) is 12.1 Å². The lowest BCUT2D eigenvalue weighted by molar-refractivity contribution is -0.0317. The van der Waals surface area contributed by atoms with E-state index in [-0.39, 0.29) is 12.5 Å². The lowest BCUT2D eigenvalue weighted by atomic mass is 9.78. The van der Waals surface area contributed by atoms with Gasteiger partial charge in [0.2, 0.25) is 0 Å². The number of nitrogen functional groups attached to an aromatic ring is 1. The molecule has 1 aliphatic rings. The molecule has 7 heteroatoms. The van der Waals surface area contributed by atoms with Crippen LogP contribution >= 0.6 is 0 Å². The highest BCUT2D eigenvalue weighted by atomic mass is 19.1. The van der Waals surface area contributed by atoms with E-state index in [0.717, 1.165) is 16.3 Å². The third kappa shape index (κ3) is 3.24. The second-order valence-corrected chi connectivity index (χ2v) is 5.67. The minimum absolute atomic E-state index is 0.256. The third-order valence-electron chi connectivity index (χ3n) is 4.10. The van der Waals surface area contributed by atoms with Gasteiger partial charge in [-0.1, -0.05) is 30.3 Å². The number of alkyl halides is 1. The van der Waals surface area contributed by atoms with Crippen molar-refractivity contribution < 1.29 is 13.5 Å². The van der Waals surface area contributed by atoms with E-state index >= 15 is 0 Å². The van der Waals surface area contributed by atoms with E-state index in [9.17, 15) is 13.6 Å². The first-order valence-corrected chi connectivity index (χ1v) is 7.36. The summed E-state index contributed by atoms with van der Waals surface area (Å²) in [4.78, 5) is 15.0. The van der Waals surface area contributed by atoms with Gasteiger partial charge >= 0.3 is 5.69 Å². The molecule has 1 fully saturated rings. The van der Waals surface area contributed by atoms with E-state index in [1.807, 2.05) is 30.3 Å². The minimum Gasteiger partial charge on any atom is -0.381 e. The van der Waals surface area contributed by atoms with Crippen molar-refractivity contribution in [3.8, 4) is 0 Å². The molecule has 0 spiro atoms. The van der Waals surface area contributed by atoms with Crippen molar-refractivity contribution in [2.45, 2.75) is 25.2 Å². The van der Waals surface area contributed by atoms with Crippen molar-refractivity contribution in [3.63, 3.8) is 0 Å². The Morgan fingerprint density at radius 3 is 2.78 bits per heavy atom. The average molecular weight is 321 g/mol. The van der Waals surface area contributed by atoms with Crippen LogP contribution in [-0.2, 0) is 11.3 Å². The lowest BCUT2D eigenvalue weighted by Crippen LogP contribution is -2.46.